The standard InChI is InChI=1S/C20H24N2O4.ClH/c1-3-7-16(21)19(23)22-17-12-15(20(24)25-2)10-11-18(17)26-13-14-8-5-4-6-9-14;/h4-6,8-12,16H,3,7,13,21H2,1-2H3,(H,22,23);1H. The number of amides is 1. The SMILES string of the molecule is CCCC(N)C(=O)Nc1cc(C(=O)OC)ccc1OCc1ccccc1.Cl. The maximum atomic E-state index is 12.3. The van der Waals surface area contributed by atoms with Crippen molar-refractivity contribution in [3.8, 4) is 5.75 Å². The maximum absolute atomic E-state index is 12.3. The van der Waals surface area contributed by atoms with Crippen molar-refractivity contribution >= 4 is 30.0 Å². The lowest BCUT2D eigenvalue weighted by Crippen LogP contribution is -2.35. The summed E-state index contributed by atoms with van der Waals surface area (Å²) in [5, 5.41) is 2.75. The first kappa shape index (κ1) is 22.5. The Morgan fingerprint density at radius 2 is 1.85 bits per heavy atom. The third kappa shape index (κ3) is 6.58. The van der Waals surface area contributed by atoms with E-state index in [1.807, 2.05) is 37.3 Å². The minimum atomic E-state index is -0.622. The van der Waals surface area contributed by atoms with Gasteiger partial charge in [-0.25, -0.2) is 4.79 Å². The van der Waals surface area contributed by atoms with E-state index in [2.05, 4.69) is 5.32 Å². The van der Waals surface area contributed by atoms with Gasteiger partial charge >= 0.3 is 5.97 Å². The number of benzene rings is 2. The van der Waals surface area contributed by atoms with Crippen LogP contribution >= 0.6 is 12.4 Å². The molecule has 0 aliphatic heterocycles. The number of anilines is 1. The molecule has 0 fully saturated rings. The van der Waals surface area contributed by atoms with E-state index < -0.39 is 12.0 Å². The van der Waals surface area contributed by atoms with Gasteiger partial charge in [-0.15, -0.1) is 12.4 Å². The first-order chi connectivity index (χ1) is 12.5. The Morgan fingerprint density at radius 3 is 2.48 bits per heavy atom. The van der Waals surface area contributed by atoms with Crippen molar-refractivity contribution in [2.45, 2.75) is 32.4 Å². The van der Waals surface area contributed by atoms with E-state index >= 15 is 0 Å². The predicted octanol–water partition coefficient (Wildman–Crippen LogP) is 3.54. The molecular weight excluding hydrogens is 368 g/mol. The number of hydrogen-bond acceptors (Lipinski definition) is 5. The van der Waals surface area contributed by atoms with Gasteiger partial charge in [0.2, 0.25) is 5.91 Å². The van der Waals surface area contributed by atoms with Gasteiger partial charge < -0.3 is 20.5 Å². The van der Waals surface area contributed by atoms with E-state index in [-0.39, 0.29) is 18.3 Å². The minimum absolute atomic E-state index is 0. The fourth-order valence-electron chi connectivity index (χ4n) is 2.40. The highest BCUT2D eigenvalue weighted by Gasteiger charge is 2.17. The van der Waals surface area contributed by atoms with Crippen LogP contribution in [0.4, 0.5) is 5.69 Å². The largest absolute Gasteiger partial charge is 0.487 e. The van der Waals surface area contributed by atoms with Crippen LogP contribution in [0.25, 0.3) is 0 Å². The van der Waals surface area contributed by atoms with Gasteiger partial charge in [-0.3, -0.25) is 4.79 Å². The normalized spacial score (nSPS) is 11.1. The second kappa shape index (κ2) is 11.2. The van der Waals surface area contributed by atoms with E-state index in [0.29, 0.717) is 30.0 Å². The highest BCUT2D eigenvalue weighted by atomic mass is 35.5. The fourth-order valence-corrected chi connectivity index (χ4v) is 2.40. The molecule has 0 aromatic heterocycles. The third-order valence-electron chi connectivity index (χ3n) is 3.83. The van der Waals surface area contributed by atoms with Crippen LogP contribution in [-0.4, -0.2) is 25.0 Å². The molecule has 0 radical (unpaired) electrons. The molecule has 0 bridgehead atoms. The lowest BCUT2D eigenvalue weighted by molar-refractivity contribution is -0.117. The highest BCUT2D eigenvalue weighted by Crippen LogP contribution is 2.27. The Kier molecular flexibility index (Phi) is 9.33. The third-order valence-corrected chi connectivity index (χ3v) is 3.83. The van der Waals surface area contributed by atoms with Crippen molar-refractivity contribution in [2.24, 2.45) is 5.73 Å². The van der Waals surface area contributed by atoms with Gasteiger partial charge in [0.15, 0.2) is 0 Å². The molecule has 0 saturated heterocycles. The van der Waals surface area contributed by atoms with Crippen LogP contribution in [0.5, 0.6) is 5.75 Å². The zero-order valence-electron chi connectivity index (χ0n) is 15.4. The molecule has 146 valence electrons. The van der Waals surface area contributed by atoms with Crippen LogP contribution in [0, 0.1) is 0 Å². The number of ether oxygens (including phenoxy) is 2. The van der Waals surface area contributed by atoms with Gasteiger partial charge in [0.1, 0.15) is 12.4 Å². The number of esters is 1. The van der Waals surface area contributed by atoms with Crippen molar-refractivity contribution in [2.75, 3.05) is 12.4 Å². The lowest BCUT2D eigenvalue weighted by atomic mass is 10.1. The molecule has 7 heteroatoms. The molecule has 0 spiro atoms. The van der Waals surface area contributed by atoms with Gasteiger partial charge in [-0.1, -0.05) is 43.7 Å². The molecule has 0 saturated carbocycles. The van der Waals surface area contributed by atoms with Gasteiger partial charge in [0.25, 0.3) is 0 Å². The molecule has 27 heavy (non-hydrogen) atoms. The number of methoxy groups -OCH3 is 1. The molecular formula is C20H25ClN2O4. The number of hydrogen-bond donors (Lipinski definition) is 2. The second-order valence-electron chi connectivity index (χ2n) is 5.86. The summed E-state index contributed by atoms with van der Waals surface area (Å²) in [7, 11) is 1.30. The summed E-state index contributed by atoms with van der Waals surface area (Å²) in [5.74, 6) is -0.357. The van der Waals surface area contributed by atoms with Crippen molar-refractivity contribution in [3.63, 3.8) is 0 Å². The van der Waals surface area contributed by atoms with Crippen molar-refractivity contribution in [1.82, 2.24) is 0 Å². The average molecular weight is 393 g/mol. The van der Waals surface area contributed by atoms with Crippen molar-refractivity contribution < 1.29 is 19.1 Å². The smallest absolute Gasteiger partial charge is 0.337 e. The molecule has 3 N–H and O–H groups in total. The van der Waals surface area contributed by atoms with Gasteiger partial charge in [0.05, 0.1) is 24.4 Å². The zero-order chi connectivity index (χ0) is 18.9. The van der Waals surface area contributed by atoms with Gasteiger partial charge in [0, 0.05) is 0 Å². The quantitative estimate of drug-likeness (QED) is 0.670. The predicted molar refractivity (Wildman–Crippen MR) is 107 cm³/mol. The number of nitrogens with two attached hydrogens (primary N) is 1. The van der Waals surface area contributed by atoms with E-state index in [1.165, 1.54) is 13.2 Å². The van der Waals surface area contributed by atoms with Gasteiger partial charge in [-0.05, 0) is 30.2 Å². The Hall–Kier alpha value is -2.57. The number of carbonyl (C=O) groups is 2. The Morgan fingerprint density at radius 1 is 1.15 bits per heavy atom. The lowest BCUT2D eigenvalue weighted by Gasteiger charge is -2.16. The van der Waals surface area contributed by atoms with E-state index in [9.17, 15) is 9.59 Å². The number of carbonyl (C=O) groups excluding carboxylic acids is 2. The van der Waals surface area contributed by atoms with Crippen LogP contribution in [0.2, 0.25) is 0 Å². The van der Waals surface area contributed by atoms with Gasteiger partial charge in [-0.2, -0.15) is 0 Å². The summed E-state index contributed by atoms with van der Waals surface area (Å²) >= 11 is 0. The maximum Gasteiger partial charge on any atom is 0.337 e. The molecule has 1 atom stereocenters. The summed E-state index contributed by atoms with van der Waals surface area (Å²) in [4.78, 5) is 24.0. The first-order valence-corrected chi connectivity index (χ1v) is 8.50. The van der Waals surface area contributed by atoms with Crippen LogP contribution in [0.3, 0.4) is 0 Å². The molecule has 2 aromatic rings. The Labute approximate surface area is 165 Å². The Bertz CT molecular complexity index is 753. The monoisotopic (exact) mass is 392 g/mol. The number of rotatable bonds is 8. The summed E-state index contributed by atoms with van der Waals surface area (Å²) in [6.45, 7) is 2.29. The summed E-state index contributed by atoms with van der Waals surface area (Å²) in [5.41, 5.74) is 7.57. The molecule has 2 rings (SSSR count). The first-order valence-electron chi connectivity index (χ1n) is 8.50. The summed E-state index contributed by atoms with van der Waals surface area (Å²) in [6, 6.07) is 13.8. The number of halogens is 1. The van der Waals surface area contributed by atoms with Crippen LogP contribution < -0.4 is 15.8 Å². The van der Waals surface area contributed by atoms with Crippen LogP contribution in [0.15, 0.2) is 48.5 Å². The van der Waals surface area contributed by atoms with Crippen LogP contribution in [0.1, 0.15) is 35.7 Å². The Balaban J connectivity index is 0.00000364. The van der Waals surface area contributed by atoms with E-state index in [4.69, 9.17) is 15.2 Å². The molecule has 6 nitrogen and oxygen atoms in total. The molecule has 1 unspecified atom stereocenters. The molecule has 1 amide bonds. The number of nitrogens with one attached hydrogen (secondary N) is 1. The van der Waals surface area contributed by atoms with E-state index in [0.717, 1.165) is 12.0 Å². The van der Waals surface area contributed by atoms with Crippen LogP contribution in [-0.2, 0) is 16.1 Å². The molecule has 0 aliphatic rings. The van der Waals surface area contributed by atoms with E-state index in [1.54, 1.807) is 12.1 Å². The summed E-state index contributed by atoms with van der Waals surface area (Å²) in [6.07, 6.45) is 1.37. The molecule has 0 heterocycles. The highest BCUT2D eigenvalue weighted by molar-refractivity contribution is 5.98. The fraction of sp³-hybridized carbons (Fsp3) is 0.300. The topological polar surface area (TPSA) is 90.7 Å². The second-order valence-corrected chi connectivity index (χ2v) is 5.86. The summed E-state index contributed by atoms with van der Waals surface area (Å²) < 4.78 is 10.6. The van der Waals surface area contributed by atoms with Crippen molar-refractivity contribution in [3.05, 3.63) is 59.7 Å². The minimum Gasteiger partial charge on any atom is -0.487 e. The molecule has 2 aromatic carbocycles. The average Bonchev–Trinajstić information content (AvgIpc) is 2.67. The molecule has 0 aliphatic carbocycles. The zero-order valence-corrected chi connectivity index (χ0v) is 16.3. The van der Waals surface area contributed by atoms with Crippen molar-refractivity contribution in [1.29, 1.82) is 0 Å².